The SMILES string of the molecule is O=C(Cn1cnc2sccc2c1=O)NC(=O)NCC(F)(F)F. The molecule has 0 aliphatic heterocycles. The molecular weight excluding hydrogens is 325 g/mol. The van der Waals surface area contributed by atoms with Crippen LogP contribution in [0.25, 0.3) is 10.2 Å². The van der Waals surface area contributed by atoms with Crippen molar-refractivity contribution >= 4 is 33.5 Å². The van der Waals surface area contributed by atoms with Crippen LogP contribution in [0.15, 0.2) is 22.6 Å². The third-order valence-electron chi connectivity index (χ3n) is 2.47. The minimum absolute atomic E-state index is 0.321. The number of halogens is 3. The molecule has 0 radical (unpaired) electrons. The lowest BCUT2D eigenvalue weighted by Crippen LogP contribution is -2.45. The monoisotopic (exact) mass is 334 g/mol. The normalized spacial score (nSPS) is 11.4. The number of hydrogen-bond acceptors (Lipinski definition) is 5. The van der Waals surface area contributed by atoms with Crippen LogP contribution in [-0.4, -0.2) is 34.2 Å². The van der Waals surface area contributed by atoms with Crippen LogP contribution in [0.1, 0.15) is 0 Å². The first-order valence-electron chi connectivity index (χ1n) is 5.83. The maximum atomic E-state index is 12.0. The van der Waals surface area contributed by atoms with Crippen LogP contribution in [0.4, 0.5) is 18.0 Å². The molecule has 0 bridgehead atoms. The summed E-state index contributed by atoms with van der Waals surface area (Å²) in [5, 5.41) is 5.16. The van der Waals surface area contributed by atoms with E-state index >= 15 is 0 Å². The van der Waals surface area contributed by atoms with Gasteiger partial charge in [0, 0.05) is 0 Å². The number of urea groups is 1. The van der Waals surface area contributed by atoms with Gasteiger partial charge in [0.05, 0.1) is 11.7 Å². The number of thiophene rings is 1. The predicted octanol–water partition coefficient (Wildman–Crippen LogP) is 0.846. The largest absolute Gasteiger partial charge is 0.405 e. The van der Waals surface area contributed by atoms with Crippen molar-refractivity contribution < 1.29 is 22.8 Å². The molecule has 11 heteroatoms. The van der Waals surface area contributed by atoms with E-state index < -0.39 is 36.8 Å². The number of amides is 3. The van der Waals surface area contributed by atoms with Crippen molar-refractivity contribution in [1.82, 2.24) is 20.2 Å². The van der Waals surface area contributed by atoms with E-state index in [1.54, 1.807) is 16.8 Å². The lowest BCUT2D eigenvalue weighted by atomic mass is 10.4. The van der Waals surface area contributed by atoms with E-state index in [1.165, 1.54) is 16.7 Å². The zero-order valence-corrected chi connectivity index (χ0v) is 11.6. The molecule has 0 aliphatic carbocycles. The number of alkyl halides is 3. The number of hydrogen-bond donors (Lipinski definition) is 2. The number of imide groups is 1. The molecule has 0 spiro atoms. The highest BCUT2D eigenvalue weighted by molar-refractivity contribution is 7.16. The second-order valence-corrected chi connectivity index (χ2v) is 5.06. The summed E-state index contributed by atoms with van der Waals surface area (Å²) in [7, 11) is 0. The van der Waals surface area contributed by atoms with Gasteiger partial charge in [-0.05, 0) is 11.4 Å². The molecule has 118 valence electrons. The van der Waals surface area contributed by atoms with E-state index in [-0.39, 0.29) is 0 Å². The van der Waals surface area contributed by atoms with Gasteiger partial charge < -0.3 is 5.32 Å². The van der Waals surface area contributed by atoms with E-state index in [0.29, 0.717) is 10.2 Å². The summed E-state index contributed by atoms with van der Waals surface area (Å²) in [6.45, 7) is -2.09. The van der Waals surface area contributed by atoms with Gasteiger partial charge in [0.15, 0.2) is 0 Å². The first-order chi connectivity index (χ1) is 10.3. The Morgan fingerprint density at radius 1 is 1.36 bits per heavy atom. The minimum atomic E-state index is -4.58. The number of carbonyl (C=O) groups excluding carboxylic acids is 2. The summed E-state index contributed by atoms with van der Waals surface area (Å²) in [4.78, 5) is 39.1. The van der Waals surface area contributed by atoms with Crippen molar-refractivity contribution in [3.05, 3.63) is 28.1 Å². The first-order valence-corrected chi connectivity index (χ1v) is 6.71. The number of nitrogens with zero attached hydrogens (tertiary/aromatic N) is 2. The third kappa shape index (κ3) is 4.04. The van der Waals surface area contributed by atoms with Crippen LogP contribution in [-0.2, 0) is 11.3 Å². The molecule has 2 rings (SSSR count). The zero-order chi connectivity index (χ0) is 16.3. The summed E-state index contributed by atoms with van der Waals surface area (Å²) in [5.74, 6) is -0.932. The van der Waals surface area contributed by atoms with E-state index in [4.69, 9.17) is 0 Å². The quantitative estimate of drug-likeness (QED) is 0.870. The van der Waals surface area contributed by atoms with Crippen molar-refractivity contribution in [1.29, 1.82) is 0 Å². The first kappa shape index (κ1) is 15.9. The van der Waals surface area contributed by atoms with Crippen molar-refractivity contribution in [2.24, 2.45) is 0 Å². The second kappa shape index (κ2) is 6.13. The maximum absolute atomic E-state index is 12.0. The van der Waals surface area contributed by atoms with E-state index in [2.05, 4.69) is 4.98 Å². The Labute approximate surface area is 124 Å². The molecule has 2 heterocycles. The van der Waals surface area contributed by atoms with Gasteiger partial charge in [-0.1, -0.05) is 0 Å². The molecule has 22 heavy (non-hydrogen) atoms. The van der Waals surface area contributed by atoms with Crippen molar-refractivity contribution in [3.63, 3.8) is 0 Å². The van der Waals surface area contributed by atoms with E-state index in [9.17, 15) is 27.6 Å². The summed E-state index contributed by atoms with van der Waals surface area (Å²) in [6, 6.07) is 0.250. The fourth-order valence-corrected chi connectivity index (χ4v) is 2.27. The minimum Gasteiger partial charge on any atom is -0.329 e. The third-order valence-corrected chi connectivity index (χ3v) is 3.29. The highest BCUT2D eigenvalue weighted by atomic mass is 32.1. The Morgan fingerprint density at radius 2 is 2.09 bits per heavy atom. The smallest absolute Gasteiger partial charge is 0.329 e. The Bertz CT molecular complexity index is 768. The number of fused-ring (bicyclic) bond motifs is 1. The number of rotatable bonds is 3. The van der Waals surface area contributed by atoms with Gasteiger partial charge in [0.2, 0.25) is 5.91 Å². The average Bonchev–Trinajstić information content (AvgIpc) is 2.88. The van der Waals surface area contributed by atoms with Gasteiger partial charge in [-0.25, -0.2) is 9.78 Å². The number of aromatic nitrogens is 2. The van der Waals surface area contributed by atoms with Crippen LogP contribution in [0.5, 0.6) is 0 Å². The lowest BCUT2D eigenvalue weighted by molar-refractivity contribution is -0.124. The Balaban J connectivity index is 1.97. The Hall–Kier alpha value is -2.43. The summed E-state index contributed by atoms with van der Waals surface area (Å²) in [6.07, 6.45) is -3.44. The summed E-state index contributed by atoms with van der Waals surface area (Å²) in [5.41, 5.74) is -0.475. The standard InChI is InChI=1S/C11H9F3N4O3S/c12-11(13,14)4-15-10(21)17-7(19)3-18-5-16-8-6(9(18)20)1-2-22-8/h1-2,5H,3-4H2,(H2,15,17,19,21). The molecule has 2 aromatic heterocycles. The van der Waals surface area contributed by atoms with Crippen LogP contribution < -0.4 is 16.2 Å². The Kier molecular flexibility index (Phi) is 4.45. The molecule has 2 N–H and O–H groups in total. The molecular formula is C11H9F3N4O3S. The van der Waals surface area contributed by atoms with Gasteiger partial charge in [0.25, 0.3) is 5.56 Å². The van der Waals surface area contributed by atoms with Crippen LogP contribution >= 0.6 is 11.3 Å². The second-order valence-electron chi connectivity index (χ2n) is 4.16. The van der Waals surface area contributed by atoms with Gasteiger partial charge >= 0.3 is 12.2 Å². The zero-order valence-electron chi connectivity index (χ0n) is 10.8. The molecule has 0 atom stereocenters. The fourth-order valence-electron chi connectivity index (χ4n) is 1.55. The highest BCUT2D eigenvalue weighted by Crippen LogP contribution is 2.13. The Morgan fingerprint density at radius 3 is 2.77 bits per heavy atom. The molecule has 0 unspecified atom stereocenters. The van der Waals surface area contributed by atoms with E-state index in [0.717, 1.165) is 10.9 Å². The molecule has 3 amide bonds. The lowest BCUT2D eigenvalue weighted by Gasteiger charge is -2.09. The summed E-state index contributed by atoms with van der Waals surface area (Å²) < 4.78 is 36.6. The van der Waals surface area contributed by atoms with Crippen LogP contribution in [0.2, 0.25) is 0 Å². The molecule has 2 aromatic rings. The molecule has 0 saturated heterocycles. The summed E-state index contributed by atoms with van der Waals surface area (Å²) >= 11 is 1.25. The molecule has 0 saturated carbocycles. The van der Waals surface area contributed by atoms with Gasteiger partial charge in [-0.15, -0.1) is 11.3 Å². The maximum Gasteiger partial charge on any atom is 0.405 e. The van der Waals surface area contributed by atoms with Gasteiger partial charge in [-0.3, -0.25) is 19.5 Å². The van der Waals surface area contributed by atoms with Crippen molar-refractivity contribution in [2.45, 2.75) is 12.7 Å². The molecule has 0 aromatic carbocycles. The topological polar surface area (TPSA) is 93.1 Å². The van der Waals surface area contributed by atoms with Gasteiger partial charge in [0.1, 0.15) is 17.9 Å². The predicted molar refractivity (Wildman–Crippen MR) is 71.5 cm³/mol. The number of carbonyl (C=O) groups is 2. The van der Waals surface area contributed by atoms with Crippen molar-refractivity contribution in [3.8, 4) is 0 Å². The van der Waals surface area contributed by atoms with E-state index in [1.807, 2.05) is 0 Å². The van der Waals surface area contributed by atoms with Crippen LogP contribution in [0, 0.1) is 0 Å². The van der Waals surface area contributed by atoms with Gasteiger partial charge in [-0.2, -0.15) is 13.2 Å². The molecule has 0 aliphatic rings. The molecule has 0 fully saturated rings. The van der Waals surface area contributed by atoms with Crippen LogP contribution in [0.3, 0.4) is 0 Å². The average molecular weight is 334 g/mol. The highest BCUT2D eigenvalue weighted by Gasteiger charge is 2.28. The van der Waals surface area contributed by atoms with Crippen molar-refractivity contribution in [2.75, 3.05) is 6.54 Å². The molecule has 7 nitrogen and oxygen atoms in total. The fraction of sp³-hybridized carbons (Fsp3) is 0.273. The number of nitrogens with one attached hydrogen (secondary N) is 2.